The van der Waals surface area contributed by atoms with Crippen LogP contribution in [0.15, 0.2) is 10.7 Å². The highest BCUT2D eigenvalue weighted by atomic mass is 16.3. The lowest BCUT2D eigenvalue weighted by Gasteiger charge is -2.29. The second-order valence-electron chi connectivity index (χ2n) is 4.56. The molecule has 1 saturated heterocycles. The summed E-state index contributed by atoms with van der Waals surface area (Å²) in [5, 5.41) is 0. The molecule has 2 heterocycles. The summed E-state index contributed by atoms with van der Waals surface area (Å²) in [7, 11) is 2.15. The zero-order valence-electron chi connectivity index (χ0n) is 9.98. The molecule has 1 aromatic heterocycles. The highest BCUT2D eigenvalue weighted by Crippen LogP contribution is 2.28. The molecule has 0 saturated carbocycles. The van der Waals surface area contributed by atoms with Crippen LogP contribution >= 0.6 is 0 Å². The Morgan fingerprint density at radius 3 is 3.19 bits per heavy atom. The van der Waals surface area contributed by atoms with Crippen molar-refractivity contribution in [3.63, 3.8) is 0 Å². The molecule has 0 bridgehead atoms. The summed E-state index contributed by atoms with van der Waals surface area (Å²) >= 11 is 0. The maximum atomic E-state index is 5.58. The molecule has 16 heavy (non-hydrogen) atoms. The maximum absolute atomic E-state index is 5.58. The van der Waals surface area contributed by atoms with E-state index >= 15 is 0 Å². The molecule has 0 aromatic carbocycles. The summed E-state index contributed by atoms with van der Waals surface area (Å²) in [5.74, 6) is 0.884. The minimum Gasteiger partial charge on any atom is -0.447 e. The van der Waals surface area contributed by atoms with Crippen LogP contribution in [-0.2, 0) is 6.42 Å². The van der Waals surface area contributed by atoms with E-state index in [9.17, 15) is 0 Å². The smallest absolute Gasteiger partial charge is 0.211 e. The number of aromatic nitrogens is 1. The minimum atomic E-state index is 0.375. The van der Waals surface area contributed by atoms with Crippen LogP contribution in [0.2, 0.25) is 0 Å². The van der Waals surface area contributed by atoms with Crippen molar-refractivity contribution in [3.05, 3.63) is 17.8 Å². The standard InChI is InChI=1S/C12H21N3O/c1-15-8-3-2-6-11(15)12-14-10(9-16-12)5-4-7-13/h9,11H,2-8,13H2,1H3. The summed E-state index contributed by atoms with van der Waals surface area (Å²) in [5.41, 5.74) is 6.52. The second-order valence-corrected chi connectivity index (χ2v) is 4.56. The van der Waals surface area contributed by atoms with E-state index in [1.165, 1.54) is 12.8 Å². The van der Waals surface area contributed by atoms with Crippen molar-refractivity contribution in [2.75, 3.05) is 20.1 Å². The molecule has 4 nitrogen and oxygen atoms in total. The minimum absolute atomic E-state index is 0.375. The van der Waals surface area contributed by atoms with Crippen molar-refractivity contribution in [2.24, 2.45) is 5.73 Å². The zero-order valence-corrected chi connectivity index (χ0v) is 9.98. The van der Waals surface area contributed by atoms with Gasteiger partial charge in [0.1, 0.15) is 6.26 Å². The average molecular weight is 223 g/mol. The Kier molecular flexibility index (Phi) is 3.96. The normalized spacial score (nSPS) is 22.5. The molecule has 1 fully saturated rings. The fourth-order valence-electron chi connectivity index (χ4n) is 2.26. The highest BCUT2D eigenvalue weighted by molar-refractivity contribution is 5.01. The van der Waals surface area contributed by atoms with Crippen LogP contribution < -0.4 is 5.73 Å². The second kappa shape index (κ2) is 5.46. The van der Waals surface area contributed by atoms with Crippen molar-refractivity contribution in [2.45, 2.75) is 38.1 Å². The van der Waals surface area contributed by atoms with E-state index < -0.39 is 0 Å². The average Bonchev–Trinajstić information content (AvgIpc) is 2.75. The van der Waals surface area contributed by atoms with Crippen LogP contribution in [0.1, 0.15) is 43.3 Å². The summed E-state index contributed by atoms with van der Waals surface area (Å²) in [6, 6.07) is 0.375. The Hall–Kier alpha value is -0.870. The highest BCUT2D eigenvalue weighted by Gasteiger charge is 2.24. The first-order valence-electron chi connectivity index (χ1n) is 6.16. The van der Waals surface area contributed by atoms with Crippen molar-refractivity contribution in [1.29, 1.82) is 0 Å². The third-order valence-electron chi connectivity index (χ3n) is 3.26. The summed E-state index contributed by atoms with van der Waals surface area (Å²) in [6.07, 6.45) is 7.41. The van der Waals surface area contributed by atoms with Gasteiger partial charge in [0, 0.05) is 0 Å². The van der Waals surface area contributed by atoms with Gasteiger partial charge in [-0.3, -0.25) is 4.90 Å². The van der Waals surface area contributed by atoms with Crippen molar-refractivity contribution < 1.29 is 4.42 Å². The summed E-state index contributed by atoms with van der Waals surface area (Å²) < 4.78 is 5.58. The Balaban J connectivity index is 1.99. The Bertz CT molecular complexity index is 324. The number of oxazole rings is 1. The molecule has 0 aliphatic carbocycles. The van der Waals surface area contributed by atoms with Crippen molar-refractivity contribution in [1.82, 2.24) is 9.88 Å². The van der Waals surface area contributed by atoms with Crippen molar-refractivity contribution >= 4 is 0 Å². The zero-order chi connectivity index (χ0) is 11.4. The Morgan fingerprint density at radius 1 is 1.56 bits per heavy atom. The number of piperidine rings is 1. The van der Waals surface area contributed by atoms with E-state index in [0.717, 1.165) is 37.4 Å². The topological polar surface area (TPSA) is 55.3 Å². The van der Waals surface area contributed by atoms with Crippen LogP contribution in [0, 0.1) is 0 Å². The van der Waals surface area contributed by atoms with E-state index in [1.54, 1.807) is 6.26 Å². The summed E-state index contributed by atoms with van der Waals surface area (Å²) in [4.78, 5) is 6.89. The molecule has 2 rings (SSSR count). The van der Waals surface area contributed by atoms with Gasteiger partial charge in [0.2, 0.25) is 5.89 Å². The first-order valence-corrected chi connectivity index (χ1v) is 6.16. The van der Waals surface area contributed by atoms with Gasteiger partial charge in [0.05, 0.1) is 11.7 Å². The first kappa shape index (κ1) is 11.6. The fourth-order valence-corrected chi connectivity index (χ4v) is 2.26. The first-order chi connectivity index (χ1) is 7.81. The van der Waals surface area contributed by atoms with Crippen LogP contribution in [0.25, 0.3) is 0 Å². The van der Waals surface area contributed by atoms with Crippen molar-refractivity contribution in [3.8, 4) is 0 Å². The molecule has 4 heteroatoms. The van der Waals surface area contributed by atoms with Crippen LogP contribution in [0.3, 0.4) is 0 Å². The van der Waals surface area contributed by atoms with Crippen LogP contribution in [-0.4, -0.2) is 30.0 Å². The quantitative estimate of drug-likeness (QED) is 0.844. The number of hydrogen-bond donors (Lipinski definition) is 1. The predicted octanol–water partition coefficient (Wildman–Crippen LogP) is 1.72. The van der Waals surface area contributed by atoms with E-state index in [4.69, 9.17) is 10.2 Å². The Morgan fingerprint density at radius 2 is 2.44 bits per heavy atom. The van der Waals surface area contributed by atoms with E-state index in [-0.39, 0.29) is 0 Å². The molecular formula is C12H21N3O. The molecule has 90 valence electrons. The molecule has 1 aliphatic heterocycles. The lowest BCUT2D eigenvalue weighted by molar-refractivity contribution is 0.159. The molecule has 1 aromatic rings. The number of nitrogens with zero attached hydrogens (tertiary/aromatic N) is 2. The number of rotatable bonds is 4. The molecular weight excluding hydrogens is 202 g/mol. The van der Waals surface area contributed by atoms with Gasteiger partial charge < -0.3 is 10.2 Å². The molecule has 1 atom stereocenters. The van der Waals surface area contributed by atoms with Gasteiger partial charge in [-0.05, 0) is 45.8 Å². The molecule has 2 N–H and O–H groups in total. The predicted molar refractivity (Wildman–Crippen MR) is 63.1 cm³/mol. The maximum Gasteiger partial charge on any atom is 0.211 e. The van der Waals surface area contributed by atoms with Gasteiger partial charge in [-0.2, -0.15) is 0 Å². The molecule has 0 amide bonds. The molecule has 1 aliphatic rings. The van der Waals surface area contributed by atoms with Gasteiger partial charge in [0.25, 0.3) is 0 Å². The van der Waals surface area contributed by atoms with Gasteiger partial charge in [-0.25, -0.2) is 4.98 Å². The van der Waals surface area contributed by atoms with Gasteiger partial charge in [-0.15, -0.1) is 0 Å². The number of likely N-dealkylation sites (tertiary alicyclic amines) is 1. The van der Waals surface area contributed by atoms with Gasteiger partial charge >= 0.3 is 0 Å². The van der Waals surface area contributed by atoms with Gasteiger partial charge in [0.15, 0.2) is 0 Å². The third kappa shape index (κ3) is 2.62. The monoisotopic (exact) mass is 223 g/mol. The van der Waals surface area contributed by atoms with E-state index in [0.29, 0.717) is 12.6 Å². The van der Waals surface area contributed by atoms with Crippen LogP contribution in [0.4, 0.5) is 0 Å². The molecule has 0 radical (unpaired) electrons. The number of hydrogen-bond acceptors (Lipinski definition) is 4. The van der Waals surface area contributed by atoms with Crippen LogP contribution in [0.5, 0.6) is 0 Å². The molecule has 1 unspecified atom stereocenters. The SMILES string of the molecule is CN1CCCCC1c1nc(CCCN)co1. The Labute approximate surface area is 96.8 Å². The molecule has 0 spiro atoms. The van der Waals surface area contributed by atoms with E-state index in [2.05, 4.69) is 16.9 Å². The fraction of sp³-hybridized carbons (Fsp3) is 0.750. The number of aryl methyl sites for hydroxylation is 1. The summed E-state index contributed by atoms with van der Waals surface area (Å²) in [6.45, 7) is 1.86. The van der Waals surface area contributed by atoms with Gasteiger partial charge in [-0.1, -0.05) is 6.42 Å². The lowest BCUT2D eigenvalue weighted by Crippen LogP contribution is -2.29. The lowest BCUT2D eigenvalue weighted by atomic mass is 10.0. The number of nitrogens with two attached hydrogens (primary N) is 1. The largest absolute Gasteiger partial charge is 0.447 e. The van der Waals surface area contributed by atoms with E-state index in [1.807, 2.05) is 0 Å². The third-order valence-corrected chi connectivity index (χ3v) is 3.26.